The Bertz CT molecular complexity index is 326. The maximum absolute atomic E-state index is 10.2. The Hall–Kier alpha value is -1.65. The number of nitrogens with zero attached hydrogens (tertiary/aromatic N) is 2. The molecule has 0 aliphatic heterocycles. The van der Waals surface area contributed by atoms with Crippen LogP contribution in [-0.4, -0.2) is 27.7 Å². The van der Waals surface area contributed by atoms with E-state index in [1.165, 1.54) is 6.33 Å². The van der Waals surface area contributed by atoms with Gasteiger partial charge in [0.2, 0.25) is 5.88 Å². The van der Waals surface area contributed by atoms with E-state index in [2.05, 4.69) is 9.97 Å². The molecule has 1 aromatic rings. The van der Waals surface area contributed by atoms with Crippen molar-refractivity contribution in [3.63, 3.8) is 0 Å². The molecular formula is C9H12N2O3. The fraction of sp³-hybridized carbons (Fsp3) is 0.444. The SMILES string of the molecule is CC(C)c1cc(OCC(=O)O)ncn1. The number of ether oxygens (including phenoxy) is 1. The molecule has 0 aliphatic carbocycles. The van der Waals surface area contributed by atoms with Crippen LogP contribution in [-0.2, 0) is 4.79 Å². The number of hydrogen-bond donors (Lipinski definition) is 1. The summed E-state index contributed by atoms with van der Waals surface area (Å²) in [5, 5.41) is 8.38. The molecule has 0 spiro atoms. The first-order valence-electron chi connectivity index (χ1n) is 4.26. The lowest BCUT2D eigenvalue weighted by Gasteiger charge is -2.05. The van der Waals surface area contributed by atoms with E-state index in [1.54, 1.807) is 6.07 Å². The minimum atomic E-state index is -1.02. The van der Waals surface area contributed by atoms with Gasteiger partial charge in [0.25, 0.3) is 0 Å². The Morgan fingerprint density at radius 2 is 2.29 bits per heavy atom. The molecule has 14 heavy (non-hydrogen) atoms. The van der Waals surface area contributed by atoms with E-state index < -0.39 is 5.97 Å². The molecule has 0 amide bonds. The molecule has 76 valence electrons. The minimum Gasteiger partial charge on any atom is -0.479 e. The second-order valence-electron chi connectivity index (χ2n) is 3.12. The number of aromatic nitrogens is 2. The van der Waals surface area contributed by atoms with Crippen molar-refractivity contribution in [2.45, 2.75) is 19.8 Å². The van der Waals surface area contributed by atoms with Gasteiger partial charge in [0.1, 0.15) is 6.33 Å². The number of carboxylic acid groups (broad SMARTS) is 1. The van der Waals surface area contributed by atoms with Crippen LogP contribution in [0.1, 0.15) is 25.5 Å². The largest absolute Gasteiger partial charge is 0.479 e. The van der Waals surface area contributed by atoms with Crippen molar-refractivity contribution in [2.24, 2.45) is 0 Å². The number of aliphatic carboxylic acids is 1. The molecular weight excluding hydrogens is 184 g/mol. The zero-order valence-electron chi connectivity index (χ0n) is 8.10. The quantitative estimate of drug-likeness (QED) is 0.779. The van der Waals surface area contributed by atoms with Gasteiger partial charge in [0.15, 0.2) is 6.61 Å². The number of hydrogen-bond acceptors (Lipinski definition) is 4. The molecule has 0 fully saturated rings. The van der Waals surface area contributed by atoms with Crippen molar-refractivity contribution in [1.82, 2.24) is 9.97 Å². The first-order chi connectivity index (χ1) is 6.59. The van der Waals surface area contributed by atoms with Crippen LogP contribution >= 0.6 is 0 Å². The van der Waals surface area contributed by atoms with Gasteiger partial charge >= 0.3 is 5.97 Å². The van der Waals surface area contributed by atoms with Crippen molar-refractivity contribution in [2.75, 3.05) is 6.61 Å². The lowest BCUT2D eigenvalue weighted by molar-refractivity contribution is -0.139. The van der Waals surface area contributed by atoms with Gasteiger partial charge in [-0.2, -0.15) is 0 Å². The fourth-order valence-electron chi connectivity index (χ4n) is 0.884. The summed E-state index contributed by atoms with van der Waals surface area (Å²) in [6.07, 6.45) is 1.37. The predicted octanol–water partition coefficient (Wildman–Crippen LogP) is 1.06. The van der Waals surface area contributed by atoms with E-state index >= 15 is 0 Å². The Morgan fingerprint density at radius 3 is 2.86 bits per heavy atom. The van der Waals surface area contributed by atoms with Gasteiger partial charge in [0.05, 0.1) is 5.69 Å². The predicted molar refractivity (Wildman–Crippen MR) is 49.3 cm³/mol. The number of carboxylic acids is 1. The molecule has 1 rings (SSSR count). The van der Waals surface area contributed by atoms with Gasteiger partial charge in [-0.25, -0.2) is 14.8 Å². The van der Waals surface area contributed by atoms with Gasteiger partial charge in [-0.15, -0.1) is 0 Å². The molecule has 0 saturated carbocycles. The van der Waals surface area contributed by atoms with Crippen LogP contribution in [0.3, 0.4) is 0 Å². The normalized spacial score (nSPS) is 10.2. The van der Waals surface area contributed by atoms with Crippen LogP contribution in [0, 0.1) is 0 Å². The zero-order valence-corrected chi connectivity index (χ0v) is 8.10. The molecule has 0 radical (unpaired) electrons. The Morgan fingerprint density at radius 1 is 1.57 bits per heavy atom. The van der Waals surface area contributed by atoms with Crippen molar-refractivity contribution >= 4 is 5.97 Å². The maximum Gasteiger partial charge on any atom is 0.341 e. The molecule has 0 aliphatic rings. The van der Waals surface area contributed by atoms with Crippen molar-refractivity contribution in [3.05, 3.63) is 18.1 Å². The Kier molecular flexibility index (Phi) is 3.39. The first kappa shape index (κ1) is 10.4. The zero-order chi connectivity index (χ0) is 10.6. The molecule has 0 bridgehead atoms. The van der Waals surface area contributed by atoms with E-state index in [4.69, 9.17) is 9.84 Å². The third-order valence-electron chi connectivity index (χ3n) is 1.60. The minimum absolute atomic E-state index is 0.269. The molecule has 1 aromatic heterocycles. The van der Waals surface area contributed by atoms with Crippen LogP contribution in [0.15, 0.2) is 12.4 Å². The molecule has 1 N–H and O–H groups in total. The summed E-state index contributed by atoms with van der Waals surface area (Å²) in [5.41, 5.74) is 0.834. The van der Waals surface area contributed by atoms with Crippen LogP contribution in [0.4, 0.5) is 0 Å². The third-order valence-corrected chi connectivity index (χ3v) is 1.60. The Labute approximate surface area is 81.8 Å². The lowest BCUT2D eigenvalue weighted by Crippen LogP contribution is -2.10. The molecule has 0 saturated heterocycles. The van der Waals surface area contributed by atoms with E-state index in [0.29, 0.717) is 5.88 Å². The lowest BCUT2D eigenvalue weighted by atomic mass is 10.1. The average molecular weight is 196 g/mol. The van der Waals surface area contributed by atoms with E-state index in [-0.39, 0.29) is 12.5 Å². The molecule has 0 atom stereocenters. The molecule has 5 nitrogen and oxygen atoms in total. The van der Waals surface area contributed by atoms with Crippen LogP contribution in [0.25, 0.3) is 0 Å². The van der Waals surface area contributed by atoms with Crippen molar-refractivity contribution in [1.29, 1.82) is 0 Å². The van der Waals surface area contributed by atoms with Crippen molar-refractivity contribution in [3.8, 4) is 5.88 Å². The highest BCUT2D eigenvalue weighted by molar-refractivity contribution is 5.68. The summed E-state index contributed by atoms with van der Waals surface area (Å²) in [7, 11) is 0. The van der Waals surface area contributed by atoms with Gasteiger partial charge in [-0.05, 0) is 5.92 Å². The summed E-state index contributed by atoms with van der Waals surface area (Å²) >= 11 is 0. The summed E-state index contributed by atoms with van der Waals surface area (Å²) in [4.78, 5) is 18.0. The molecule has 1 heterocycles. The summed E-state index contributed by atoms with van der Waals surface area (Å²) in [5.74, 6) is -0.453. The monoisotopic (exact) mass is 196 g/mol. The summed E-state index contributed by atoms with van der Waals surface area (Å²) in [6.45, 7) is 3.60. The topological polar surface area (TPSA) is 72.3 Å². The van der Waals surface area contributed by atoms with E-state index in [1.807, 2.05) is 13.8 Å². The van der Waals surface area contributed by atoms with E-state index in [9.17, 15) is 4.79 Å². The highest BCUT2D eigenvalue weighted by Crippen LogP contribution is 2.14. The highest BCUT2D eigenvalue weighted by atomic mass is 16.5. The van der Waals surface area contributed by atoms with Gasteiger partial charge in [-0.3, -0.25) is 0 Å². The molecule has 0 aromatic carbocycles. The molecule has 0 unspecified atom stereocenters. The first-order valence-corrected chi connectivity index (χ1v) is 4.26. The second kappa shape index (κ2) is 4.55. The number of rotatable bonds is 4. The summed E-state index contributed by atoms with van der Waals surface area (Å²) in [6, 6.07) is 1.65. The van der Waals surface area contributed by atoms with E-state index in [0.717, 1.165) is 5.69 Å². The average Bonchev–Trinajstić information content (AvgIpc) is 2.15. The fourth-order valence-corrected chi connectivity index (χ4v) is 0.884. The van der Waals surface area contributed by atoms with Gasteiger partial charge < -0.3 is 9.84 Å². The smallest absolute Gasteiger partial charge is 0.341 e. The van der Waals surface area contributed by atoms with Gasteiger partial charge in [-0.1, -0.05) is 13.8 Å². The van der Waals surface area contributed by atoms with Crippen LogP contribution in [0.5, 0.6) is 5.88 Å². The maximum atomic E-state index is 10.2. The second-order valence-corrected chi connectivity index (χ2v) is 3.12. The third kappa shape index (κ3) is 3.01. The highest BCUT2D eigenvalue weighted by Gasteiger charge is 2.05. The summed E-state index contributed by atoms with van der Waals surface area (Å²) < 4.78 is 4.91. The molecule has 5 heteroatoms. The van der Waals surface area contributed by atoms with Gasteiger partial charge in [0, 0.05) is 6.07 Å². The van der Waals surface area contributed by atoms with Crippen LogP contribution < -0.4 is 4.74 Å². The standard InChI is InChI=1S/C9H12N2O3/c1-6(2)7-3-8(11-5-10-7)14-4-9(12)13/h3,5-6H,4H2,1-2H3,(H,12,13). The van der Waals surface area contributed by atoms with Crippen molar-refractivity contribution < 1.29 is 14.6 Å². The Balaban J connectivity index is 2.68. The number of carbonyl (C=O) groups is 1. The van der Waals surface area contributed by atoms with Crippen LogP contribution in [0.2, 0.25) is 0 Å².